The van der Waals surface area contributed by atoms with Crippen LogP contribution in [-0.2, 0) is 16.3 Å². The molecule has 0 spiro atoms. The highest BCUT2D eigenvalue weighted by atomic mass is 32.2. The van der Waals surface area contributed by atoms with Crippen LogP contribution >= 0.6 is 0 Å². The molecule has 5 rings (SSSR count). The Balaban J connectivity index is 1.45. The zero-order valence-corrected chi connectivity index (χ0v) is 20.4. The number of methoxy groups -OCH3 is 1. The molecule has 0 radical (unpaired) electrons. The first kappa shape index (κ1) is 23.2. The minimum atomic E-state index is -3.85. The number of sulfone groups is 1. The molecule has 0 saturated carbocycles. The third-order valence-corrected chi connectivity index (χ3v) is 8.16. The molecule has 6 nitrogen and oxygen atoms in total. The van der Waals surface area contributed by atoms with E-state index in [0.29, 0.717) is 36.2 Å². The van der Waals surface area contributed by atoms with E-state index in [1.54, 1.807) is 49.6 Å². The van der Waals surface area contributed by atoms with Crippen molar-refractivity contribution in [2.45, 2.75) is 29.2 Å². The van der Waals surface area contributed by atoms with Gasteiger partial charge in [-0.1, -0.05) is 48.5 Å². The van der Waals surface area contributed by atoms with E-state index in [2.05, 4.69) is 29.2 Å². The van der Waals surface area contributed by atoms with Crippen LogP contribution in [0.4, 0.5) is 5.88 Å². The standard InChI is InChI=1S/C28H28N2O4S/c1-33-24-14-12-23(13-15-24)26-29-27(35(31,32)25-10-6-3-7-11-25)28(34-26)30-18-16-22(17-19-30)20-21-8-4-2-5-9-21/h2-15,22H,16-20H2,1H3. The van der Waals surface area contributed by atoms with Crippen LogP contribution in [0, 0.1) is 5.92 Å². The normalized spacial score (nSPS) is 14.7. The monoisotopic (exact) mass is 488 g/mol. The minimum absolute atomic E-state index is 0.0315. The molecule has 180 valence electrons. The maximum absolute atomic E-state index is 13.6. The smallest absolute Gasteiger partial charge is 0.236 e. The third-order valence-electron chi connectivity index (χ3n) is 6.49. The van der Waals surface area contributed by atoms with Crippen LogP contribution in [-0.4, -0.2) is 33.6 Å². The Bertz CT molecular complexity index is 1360. The fourth-order valence-corrected chi connectivity index (χ4v) is 5.87. The van der Waals surface area contributed by atoms with E-state index in [0.717, 1.165) is 19.3 Å². The van der Waals surface area contributed by atoms with E-state index >= 15 is 0 Å². The molecule has 1 aliphatic rings. The Kier molecular flexibility index (Phi) is 6.59. The zero-order chi connectivity index (χ0) is 24.3. The number of hydrogen-bond donors (Lipinski definition) is 0. The summed E-state index contributed by atoms with van der Waals surface area (Å²) in [4.78, 5) is 6.74. The molecule has 0 atom stereocenters. The highest BCUT2D eigenvalue weighted by molar-refractivity contribution is 7.91. The molecule has 1 aliphatic heterocycles. The lowest BCUT2D eigenvalue weighted by atomic mass is 9.90. The van der Waals surface area contributed by atoms with Gasteiger partial charge in [-0.2, -0.15) is 4.98 Å². The van der Waals surface area contributed by atoms with Crippen molar-refractivity contribution in [1.82, 2.24) is 4.98 Å². The molecule has 0 amide bonds. The van der Waals surface area contributed by atoms with E-state index in [9.17, 15) is 8.42 Å². The maximum Gasteiger partial charge on any atom is 0.236 e. The van der Waals surface area contributed by atoms with Gasteiger partial charge >= 0.3 is 0 Å². The quantitative estimate of drug-likeness (QED) is 0.335. The number of hydrogen-bond acceptors (Lipinski definition) is 6. The van der Waals surface area contributed by atoms with Crippen LogP contribution in [0.25, 0.3) is 11.5 Å². The van der Waals surface area contributed by atoms with Crippen LogP contribution in [0.3, 0.4) is 0 Å². The van der Waals surface area contributed by atoms with Gasteiger partial charge < -0.3 is 14.1 Å². The molecule has 35 heavy (non-hydrogen) atoms. The summed E-state index contributed by atoms with van der Waals surface area (Å²) in [7, 11) is -2.25. The Hall–Kier alpha value is -3.58. The predicted octanol–water partition coefficient (Wildman–Crippen LogP) is 5.64. The summed E-state index contributed by atoms with van der Waals surface area (Å²) in [6.07, 6.45) is 2.94. The lowest BCUT2D eigenvalue weighted by Crippen LogP contribution is -2.34. The second-order valence-corrected chi connectivity index (χ2v) is 10.7. The van der Waals surface area contributed by atoms with Gasteiger partial charge in [0, 0.05) is 18.7 Å². The fourth-order valence-electron chi connectivity index (χ4n) is 4.53. The Morgan fingerprint density at radius 3 is 2.17 bits per heavy atom. The Morgan fingerprint density at radius 2 is 1.54 bits per heavy atom. The molecular formula is C28H28N2O4S. The molecule has 0 unspecified atom stereocenters. The molecule has 0 N–H and O–H groups in total. The van der Waals surface area contributed by atoms with Crippen molar-refractivity contribution in [3.63, 3.8) is 0 Å². The largest absolute Gasteiger partial charge is 0.497 e. The van der Waals surface area contributed by atoms with Gasteiger partial charge in [0.2, 0.25) is 26.6 Å². The fraction of sp³-hybridized carbons (Fsp3) is 0.250. The van der Waals surface area contributed by atoms with Gasteiger partial charge in [0.05, 0.1) is 12.0 Å². The third kappa shape index (κ3) is 4.95. The van der Waals surface area contributed by atoms with Gasteiger partial charge in [0.25, 0.3) is 0 Å². The molecule has 1 saturated heterocycles. The van der Waals surface area contributed by atoms with Gasteiger partial charge in [0.15, 0.2) is 0 Å². The van der Waals surface area contributed by atoms with Gasteiger partial charge in [-0.3, -0.25) is 0 Å². The van der Waals surface area contributed by atoms with E-state index in [-0.39, 0.29) is 15.8 Å². The van der Waals surface area contributed by atoms with E-state index in [1.807, 2.05) is 23.1 Å². The molecule has 1 aromatic heterocycles. The molecular weight excluding hydrogens is 460 g/mol. The van der Waals surface area contributed by atoms with Crippen LogP contribution < -0.4 is 9.64 Å². The van der Waals surface area contributed by atoms with Gasteiger partial charge in [-0.25, -0.2) is 8.42 Å². The second-order valence-electron chi connectivity index (χ2n) is 8.79. The molecule has 0 bridgehead atoms. The minimum Gasteiger partial charge on any atom is -0.497 e. The topological polar surface area (TPSA) is 72.6 Å². The number of benzene rings is 3. The van der Waals surface area contributed by atoms with Gasteiger partial charge in [-0.05, 0) is 67.1 Å². The summed E-state index contributed by atoms with van der Waals surface area (Å²) in [6.45, 7) is 1.43. The number of piperidine rings is 1. The average molecular weight is 489 g/mol. The number of aromatic nitrogens is 1. The summed E-state index contributed by atoms with van der Waals surface area (Å²) < 4.78 is 38.6. The first-order chi connectivity index (χ1) is 17.0. The molecule has 1 fully saturated rings. The first-order valence-corrected chi connectivity index (χ1v) is 13.3. The summed E-state index contributed by atoms with van der Waals surface area (Å²) >= 11 is 0. The maximum atomic E-state index is 13.6. The molecule has 0 aliphatic carbocycles. The van der Waals surface area contributed by atoms with Crippen molar-refractivity contribution >= 4 is 15.7 Å². The van der Waals surface area contributed by atoms with Crippen molar-refractivity contribution in [3.05, 3.63) is 90.5 Å². The number of oxazole rings is 1. The number of ether oxygens (including phenoxy) is 1. The summed E-state index contributed by atoms with van der Waals surface area (Å²) in [5.41, 5.74) is 2.03. The van der Waals surface area contributed by atoms with Gasteiger partial charge in [-0.15, -0.1) is 0 Å². The van der Waals surface area contributed by atoms with Crippen molar-refractivity contribution in [1.29, 1.82) is 0 Å². The van der Waals surface area contributed by atoms with Crippen molar-refractivity contribution in [2.75, 3.05) is 25.1 Å². The molecule has 2 heterocycles. The first-order valence-electron chi connectivity index (χ1n) is 11.8. The van der Waals surface area contributed by atoms with Crippen LogP contribution in [0.1, 0.15) is 18.4 Å². The van der Waals surface area contributed by atoms with E-state index in [4.69, 9.17) is 9.15 Å². The van der Waals surface area contributed by atoms with Crippen molar-refractivity contribution < 1.29 is 17.6 Å². The van der Waals surface area contributed by atoms with Crippen molar-refractivity contribution in [3.8, 4) is 17.2 Å². The Labute approximate surface area is 206 Å². The van der Waals surface area contributed by atoms with Crippen LogP contribution in [0.2, 0.25) is 0 Å². The van der Waals surface area contributed by atoms with Gasteiger partial charge in [0.1, 0.15) is 5.75 Å². The zero-order valence-electron chi connectivity index (χ0n) is 19.6. The lowest BCUT2D eigenvalue weighted by Gasteiger charge is -2.32. The molecule has 7 heteroatoms. The van der Waals surface area contributed by atoms with E-state index < -0.39 is 9.84 Å². The highest BCUT2D eigenvalue weighted by Gasteiger charge is 2.33. The van der Waals surface area contributed by atoms with E-state index in [1.165, 1.54) is 5.56 Å². The number of nitrogens with zero attached hydrogens (tertiary/aromatic N) is 2. The molecule has 4 aromatic rings. The predicted molar refractivity (Wildman–Crippen MR) is 135 cm³/mol. The molecule has 3 aromatic carbocycles. The Morgan fingerprint density at radius 1 is 0.914 bits per heavy atom. The van der Waals surface area contributed by atoms with Crippen LogP contribution in [0.5, 0.6) is 5.75 Å². The number of anilines is 1. The SMILES string of the molecule is COc1ccc(-c2nc(S(=O)(=O)c3ccccc3)c(N3CCC(Cc4ccccc4)CC3)o2)cc1. The number of rotatable bonds is 7. The lowest BCUT2D eigenvalue weighted by molar-refractivity contribution is 0.387. The van der Waals surface area contributed by atoms with Crippen molar-refractivity contribution in [2.24, 2.45) is 5.92 Å². The highest BCUT2D eigenvalue weighted by Crippen LogP contribution is 2.37. The summed E-state index contributed by atoms with van der Waals surface area (Å²) in [5, 5.41) is -0.0315. The average Bonchev–Trinajstić information content (AvgIpc) is 3.37. The second kappa shape index (κ2) is 9.96. The summed E-state index contributed by atoms with van der Waals surface area (Å²) in [5.74, 6) is 1.85. The summed E-state index contributed by atoms with van der Waals surface area (Å²) in [6, 6.07) is 26.1. The van der Waals surface area contributed by atoms with Crippen LogP contribution in [0.15, 0.2) is 99.3 Å².